The molecule has 1 atom stereocenters. The zero-order valence-electron chi connectivity index (χ0n) is 9.10. The molecule has 3 rings (SSSR count). The summed E-state index contributed by atoms with van der Waals surface area (Å²) in [4.78, 5) is 11.2. The summed E-state index contributed by atoms with van der Waals surface area (Å²) in [5.74, 6) is 0.220. The van der Waals surface area contributed by atoms with Crippen molar-refractivity contribution in [2.45, 2.75) is 6.04 Å². The van der Waals surface area contributed by atoms with Crippen LogP contribution in [0, 0.1) is 0 Å². The lowest BCUT2D eigenvalue weighted by Gasteiger charge is -2.14. The van der Waals surface area contributed by atoms with Crippen molar-refractivity contribution in [1.82, 2.24) is 10.6 Å². The van der Waals surface area contributed by atoms with Crippen molar-refractivity contribution in [2.24, 2.45) is 0 Å². The van der Waals surface area contributed by atoms with Gasteiger partial charge >= 0.3 is 6.03 Å². The van der Waals surface area contributed by atoms with E-state index >= 15 is 0 Å². The highest BCUT2D eigenvalue weighted by molar-refractivity contribution is 5.89. The van der Waals surface area contributed by atoms with Crippen molar-refractivity contribution < 1.29 is 9.90 Å². The van der Waals surface area contributed by atoms with E-state index in [1.54, 1.807) is 6.07 Å². The maximum absolute atomic E-state index is 11.2. The number of nitrogens with one attached hydrogen (secondary N) is 2. The Bertz CT molecular complexity index is 595. The number of benzene rings is 2. The van der Waals surface area contributed by atoms with Gasteiger partial charge in [-0.3, -0.25) is 0 Å². The molecule has 0 bridgehead atoms. The number of urea groups is 1. The smallest absolute Gasteiger partial charge is 0.315 e. The molecule has 0 aromatic heterocycles. The van der Waals surface area contributed by atoms with Crippen molar-refractivity contribution in [2.75, 3.05) is 6.54 Å². The maximum atomic E-state index is 11.2. The van der Waals surface area contributed by atoms with Crippen LogP contribution in [0.15, 0.2) is 36.4 Å². The highest BCUT2D eigenvalue weighted by atomic mass is 16.3. The molecule has 0 aliphatic carbocycles. The Labute approximate surface area is 98.3 Å². The molecule has 0 spiro atoms. The molecule has 17 heavy (non-hydrogen) atoms. The number of rotatable bonds is 1. The molecule has 2 aromatic rings. The molecule has 1 fully saturated rings. The van der Waals surface area contributed by atoms with Crippen LogP contribution in [0.5, 0.6) is 5.75 Å². The Balaban J connectivity index is 2.20. The number of carbonyl (C=O) groups excluding carboxylic acids is 1. The number of hydrogen-bond acceptors (Lipinski definition) is 2. The van der Waals surface area contributed by atoms with Crippen LogP contribution < -0.4 is 10.6 Å². The van der Waals surface area contributed by atoms with Crippen molar-refractivity contribution in [3.8, 4) is 5.75 Å². The highest BCUT2D eigenvalue weighted by Gasteiger charge is 2.25. The van der Waals surface area contributed by atoms with Crippen molar-refractivity contribution in [3.05, 3.63) is 42.0 Å². The van der Waals surface area contributed by atoms with Gasteiger partial charge in [-0.2, -0.15) is 0 Å². The zero-order valence-corrected chi connectivity index (χ0v) is 9.10. The van der Waals surface area contributed by atoms with Gasteiger partial charge in [-0.05, 0) is 16.8 Å². The molecule has 0 unspecified atom stereocenters. The molecular weight excluding hydrogens is 216 g/mol. The molecular formula is C13H12N2O2. The van der Waals surface area contributed by atoms with Gasteiger partial charge in [-0.1, -0.05) is 30.3 Å². The van der Waals surface area contributed by atoms with Crippen molar-refractivity contribution in [1.29, 1.82) is 0 Å². The minimum absolute atomic E-state index is 0.173. The molecule has 1 aliphatic heterocycles. The topological polar surface area (TPSA) is 61.4 Å². The third kappa shape index (κ3) is 1.58. The fourth-order valence-electron chi connectivity index (χ4n) is 2.28. The summed E-state index contributed by atoms with van der Waals surface area (Å²) in [6, 6.07) is 11.0. The Morgan fingerprint density at radius 2 is 2.00 bits per heavy atom. The molecule has 1 aliphatic rings. The van der Waals surface area contributed by atoms with E-state index in [1.807, 2.05) is 30.3 Å². The maximum Gasteiger partial charge on any atom is 0.315 e. The Morgan fingerprint density at radius 1 is 1.18 bits per heavy atom. The summed E-state index contributed by atoms with van der Waals surface area (Å²) in [5.41, 5.74) is 0.779. The van der Waals surface area contributed by atoms with Crippen molar-refractivity contribution in [3.63, 3.8) is 0 Å². The first-order valence-electron chi connectivity index (χ1n) is 5.50. The highest BCUT2D eigenvalue weighted by Crippen LogP contribution is 2.32. The minimum Gasteiger partial charge on any atom is -0.508 e. The molecule has 4 nitrogen and oxygen atoms in total. The largest absolute Gasteiger partial charge is 0.508 e. The predicted octanol–water partition coefficient (Wildman–Crippen LogP) is 1.90. The third-order valence-corrected chi connectivity index (χ3v) is 3.07. The molecule has 3 N–H and O–H groups in total. The fourth-order valence-corrected chi connectivity index (χ4v) is 2.28. The van der Waals surface area contributed by atoms with Gasteiger partial charge in [0.05, 0.1) is 6.04 Å². The number of amides is 2. The fraction of sp³-hybridized carbons (Fsp3) is 0.154. The summed E-state index contributed by atoms with van der Waals surface area (Å²) in [7, 11) is 0. The number of phenolic OH excluding ortho intramolecular Hbond substituents is 1. The molecule has 0 saturated carbocycles. The average molecular weight is 228 g/mol. The van der Waals surface area contributed by atoms with E-state index < -0.39 is 0 Å². The van der Waals surface area contributed by atoms with Crippen LogP contribution in [0.4, 0.5) is 4.79 Å². The predicted molar refractivity (Wildman–Crippen MR) is 64.9 cm³/mol. The van der Waals surface area contributed by atoms with Gasteiger partial charge in [-0.15, -0.1) is 0 Å². The summed E-state index contributed by atoms with van der Waals surface area (Å²) >= 11 is 0. The van der Waals surface area contributed by atoms with E-state index in [0.29, 0.717) is 6.54 Å². The number of fused-ring (bicyclic) bond motifs is 1. The van der Waals surface area contributed by atoms with Gasteiger partial charge in [-0.25, -0.2) is 4.79 Å². The molecule has 2 aromatic carbocycles. The molecule has 0 radical (unpaired) electrons. The summed E-state index contributed by atoms with van der Waals surface area (Å²) < 4.78 is 0. The van der Waals surface area contributed by atoms with E-state index in [1.165, 1.54) is 0 Å². The van der Waals surface area contributed by atoms with Gasteiger partial charge in [0.25, 0.3) is 0 Å². The monoisotopic (exact) mass is 228 g/mol. The summed E-state index contributed by atoms with van der Waals surface area (Å²) in [6.45, 7) is 0.500. The molecule has 1 saturated heterocycles. The minimum atomic E-state index is -0.192. The lowest BCUT2D eigenvalue weighted by atomic mass is 9.98. The third-order valence-electron chi connectivity index (χ3n) is 3.07. The second kappa shape index (κ2) is 3.66. The molecule has 4 heteroatoms. The molecule has 1 heterocycles. The van der Waals surface area contributed by atoms with E-state index in [-0.39, 0.29) is 17.8 Å². The van der Waals surface area contributed by atoms with E-state index in [2.05, 4.69) is 10.6 Å². The quantitative estimate of drug-likeness (QED) is 0.698. The summed E-state index contributed by atoms with van der Waals surface area (Å²) in [5, 5.41) is 17.5. The Hall–Kier alpha value is -2.23. The van der Waals surface area contributed by atoms with Gasteiger partial charge in [0, 0.05) is 12.1 Å². The molecule has 86 valence electrons. The Kier molecular flexibility index (Phi) is 2.14. The van der Waals surface area contributed by atoms with Crippen LogP contribution in [-0.4, -0.2) is 17.7 Å². The van der Waals surface area contributed by atoms with Crippen LogP contribution >= 0.6 is 0 Å². The van der Waals surface area contributed by atoms with E-state index in [9.17, 15) is 9.90 Å². The Morgan fingerprint density at radius 3 is 2.76 bits per heavy atom. The lowest BCUT2D eigenvalue weighted by molar-refractivity contribution is 0.247. The van der Waals surface area contributed by atoms with Crippen LogP contribution in [0.2, 0.25) is 0 Å². The van der Waals surface area contributed by atoms with Crippen LogP contribution in [-0.2, 0) is 0 Å². The van der Waals surface area contributed by atoms with Gasteiger partial charge in [0.2, 0.25) is 0 Å². The number of carbonyl (C=O) groups is 1. The molecule has 2 amide bonds. The first-order valence-corrected chi connectivity index (χ1v) is 5.50. The van der Waals surface area contributed by atoms with Crippen LogP contribution in [0.25, 0.3) is 10.8 Å². The van der Waals surface area contributed by atoms with Gasteiger partial charge in [0.15, 0.2) is 0 Å². The lowest BCUT2D eigenvalue weighted by Crippen LogP contribution is -2.21. The van der Waals surface area contributed by atoms with Crippen LogP contribution in [0.3, 0.4) is 0 Å². The van der Waals surface area contributed by atoms with E-state index in [0.717, 1.165) is 16.3 Å². The van der Waals surface area contributed by atoms with Gasteiger partial charge in [0.1, 0.15) is 5.75 Å². The zero-order chi connectivity index (χ0) is 11.8. The first kappa shape index (κ1) is 9.96. The summed E-state index contributed by atoms with van der Waals surface area (Å²) in [6.07, 6.45) is 0. The second-order valence-corrected chi connectivity index (χ2v) is 4.13. The SMILES string of the molecule is O=C1NC[C@H](c2c(O)ccc3ccccc23)N1. The van der Waals surface area contributed by atoms with Crippen LogP contribution in [0.1, 0.15) is 11.6 Å². The number of phenols is 1. The van der Waals surface area contributed by atoms with Gasteiger partial charge < -0.3 is 15.7 Å². The average Bonchev–Trinajstić information content (AvgIpc) is 2.75. The normalized spacial score (nSPS) is 19.1. The number of hydrogen-bond donors (Lipinski definition) is 3. The van der Waals surface area contributed by atoms with Crippen molar-refractivity contribution >= 4 is 16.8 Å². The van der Waals surface area contributed by atoms with E-state index in [4.69, 9.17) is 0 Å². The standard InChI is InChI=1S/C13H12N2O2/c16-11-6-5-8-3-1-2-4-9(8)12(11)10-7-14-13(17)15-10/h1-6,10,16H,7H2,(H2,14,15,17)/t10-/m1/s1. The number of aromatic hydroxyl groups is 1. The second-order valence-electron chi connectivity index (χ2n) is 4.13. The first-order chi connectivity index (χ1) is 8.25.